The summed E-state index contributed by atoms with van der Waals surface area (Å²) in [7, 11) is -3.87. The van der Waals surface area contributed by atoms with E-state index in [0.29, 0.717) is 0 Å². The minimum Gasteiger partial charge on any atom is -0.297 e. The Hall–Kier alpha value is -4.11. The maximum atomic E-state index is 12.0. The SMILES string of the molecule is CC(=O)C(N=Nc1ccc(S(N)(=O)=O)cc1)C(C)=NNc1ccc([N+](=O)[O-])cc1[N+](=O)[O-]. The van der Waals surface area contributed by atoms with Gasteiger partial charge in [-0.2, -0.15) is 15.3 Å². The summed E-state index contributed by atoms with van der Waals surface area (Å²) in [5.74, 6) is -0.434. The molecule has 2 aromatic rings. The lowest BCUT2D eigenvalue weighted by atomic mass is 10.1. The van der Waals surface area contributed by atoms with Crippen molar-refractivity contribution >= 4 is 44.3 Å². The molecule has 0 heterocycles. The van der Waals surface area contributed by atoms with E-state index in [0.717, 1.165) is 18.2 Å². The van der Waals surface area contributed by atoms with E-state index in [-0.39, 0.29) is 22.0 Å². The van der Waals surface area contributed by atoms with Crippen LogP contribution in [0, 0.1) is 20.2 Å². The fraction of sp³-hybridized carbons (Fsp3) is 0.176. The quantitative estimate of drug-likeness (QED) is 0.243. The highest BCUT2D eigenvalue weighted by molar-refractivity contribution is 7.89. The van der Waals surface area contributed by atoms with Gasteiger partial charge in [0.15, 0.2) is 11.8 Å². The number of carbonyl (C=O) groups excluding carboxylic acids is 1. The highest BCUT2D eigenvalue weighted by Gasteiger charge is 2.21. The van der Waals surface area contributed by atoms with Crippen molar-refractivity contribution in [2.75, 3.05) is 5.43 Å². The zero-order valence-electron chi connectivity index (χ0n) is 16.7. The fourth-order valence-corrected chi connectivity index (χ4v) is 2.89. The molecule has 15 heteroatoms. The Balaban J connectivity index is 2.26. The largest absolute Gasteiger partial charge is 0.301 e. The maximum absolute atomic E-state index is 12.0. The number of hydrazone groups is 1. The first-order valence-electron chi connectivity index (χ1n) is 8.67. The van der Waals surface area contributed by atoms with Gasteiger partial charge in [-0.15, -0.1) is 0 Å². The molecule has 0 aliphatic rings. The van der Waals surface area contributed by atoms with Crippen LogP contribution < -0.4 is 10.6 Å². The standard InChI is InChI=1S/C17H17N7O7S/c1-10(19-21-15-8-5-13(23(26)27)9-16(15)24(28)29)17(11(2)25)22-20-12-3-6-14(7-4-12)32(18,30)31/h3-9,17,21H,1-2H3,(H2,18,30,31). The Kier molecular flexibility index (Phi) is 7.40. The lowest BCUT2D eigenvalue weighted by molar-refractivity contribution is -0.393. The number of hydrogen-bond acceptors (Lipinski definition) is 11. The number of nitrogens with zero attached hydrogens (tertiary/aromatic N) is 5. The molecule has 1 atom stereocenters. The number of azo groups is 1. The first kappa shape index (κ1) is 24.2. The molecule has 0 bridgehead atoms. The van der Waals surface area contributed by atoms with Crippen LogP contribution in [0.4, 0.5) is 22.7 Å². The molecule has 0 spiro atoms. The Morgan fingerprint density at radius 1 is 1.06 bits per heavy atom. The molecule has 0 fully saturated rings. The summed E-state index contributed by atoms with van der Waals surface area (Å²) in [5, 5.41) is 38.7. The Labute approximate surface area is 181 Å². The van der Waals surface area contributed by atoms with Crippen molar-refractivity contribution in [1.82, 2.24) is 0 Å². The number of ketones is 1. The second kappa shape index (κ2) is 9.80. The molecule has 0 aromatic heterocycles. The average molecular weight is 463 g/mol. The third-order valence-electron chi connectivity index (χ3n) is 3.98. The summed E-state index contributed by atoms with van der Waals surface area (Å²) in [6.07, 6.45) is 0. The van der Waals surface area contributed by atoms with Gasteiger partial charge in [0.05, 0.1) is 32.2 Å². The number of primary sulfonamides is 1. The molecule has 2 aromatic carbocycles. The summed E-state index contributed by atoms with van der Waals surface area (Å²) < 4.78 is 22.6. The minimum absolute atomic E-state index is 0.107. The van der Waals surface area contributed by atoms with Crippen LogP contribution >= 0.6 is 0 Å². The molecule has 2 rings (SSSR count). The number of hydrogen-bond donors (Lipinski definition) is 2. The van der Waals surface area contributed by atoms with Crippen LogP contribution in [-0.2, 0) is 14.8 Å². The molecular weight excluding hydrogens is 446 g/mol. The molecule has 0 saturated carbocycles. The van der Waals surface area contributed by atoms with Gasteiger partial charge in [-0.1, -0.05) is 0 Å². The Bertz CT molecular complexity index is 1220. The van der Waals surface area contributed by atoms with E-state index in [4.69, 9.17) is 5.14 Å². The van der Waals surface area contributed by atoms with Gasteiger partial charge in [-0.25, -0.2) is 13.6 Å². The summed E-state index contributed by atoms with van der Waals surface area (Å²) in [5.41, 5.74) is 1.59. The third-order valence-corrected chi connectivity index (χ3v) is 4.91. The molecule has 0 saturated heterocycles. The van der Waals surface area contributed by atoms with Gasteiger partial charge in [0, 0.05) is 6.07 Å². The molecule has 3 N–H and O–H groups in total. The number of nitrogens with two attached hydrogens (primary N) is 1. The van der Waals surface area contributed by atoms with Gasteiger partial charge in [-0.05, 0) is 44.2 Å². The summed E-state index contributed by atoms with van der Waals surface area (Å²) in [6.45, 7) is 2.67. The number of nitro groups is 2. The van der Waals surface area contributed by atoms with Crippen molar-refractivity contribution < 1.29 is 23.1 Å². The molecule has 0 radical (unpaired) electrons. The number of non-ortho nitro benzene ring substituents is 1. The number of Topliss-reactive ketones (excluding diaryl/α,β-unsaturated/α-hetero) is 1. The topological polar surface area (TPSA) is 213 Å². The monoisotopic (exact) mass is 463 g/mol. The van der Waals surface area contributed by atoms with E-state index in [1.54, 1.807) is 0 Å². The highest BCUT2D eigenvalue weighted by atomic mass is 32.2. The van der Waals surface area contributed by atoms with E-state index in [1.165, 1.54) is 38.1 Å². The third kappa shape index (κ3) is 6.19. The van der Waals surface area contributed by atoms with Crippen molar-refractivity contribution in [3.63, 3.8) is 0 Å². The number of anilines is 1. The fourth-order valence-electron chi connectivity index (χ4n) is 2.37. The van der Waals surface area contributed by atoms with Crippen molar-refractivity contribution in [1.29, 1.82) is 0 Å². The highest BCUT2D eigenvalue weighted by Crippen LogP contribution is 2.29. The predicted molar refractivity (Wildman–Crippen MR) is 113 cm³/mol. The molecule has 32 heavy (non-hydrogen) atoms. The average Bonchev–Trinajstić information content (AvgIpc) is 2.71. The minimum atomic E-state index is -3.87. The molecule has 0 amide bonds. The number of nitrogens with one attached hydrogen (secondary N) is 1. The van der Waals surface area contributed by atoms with Gasteiger partial charge < -0.3 is 0 Å². The van der Waals surface area contributed by atoms with Crippen LogP contribution in [0.3, 0.4) is 0 Å². The van der Waals surface area contributed by atoms with Crippen LogP contribution in [0.5, 0.6) is 0 Å². The first-order valence-corrected chi connectivity index (χ1v) is 10.2. The van der Waals surface area contributed by atoms with Gasteiger partial charge in [0.1, 0.15) is 5.69 Å². The molecule has 1 unspecified atom stereocenters. The Morgan fingerprint density at radius 2 is 1.69 bits per heavy atom. The van der Waals surface area contributed by atoms with E-state index in [1.807, 2.05) is 0 Å². The van der Waals surface area contributed by atoms with E-state index < -0.39 is 43.1 Å². The normalized spacial score (nSPS) is 13.0. The maximum Gasteiger partial charge on any atom is 0.301 e. The van der Waals surface area contributed by atoms with Crippen molar-refractivity contribution in [3.05, 3.63) is 62.7 Å². The summed E-state index contributed by atoms with van der Waals surface area (Å²) in [6, 6.07) is 6.94. The van der Waals surface area contributed by atoms with Gasteiger partial charge in [0.25, 0.3) is 5.69 Å². The predicted octanol–water partition coefficient (Wildman–Crippen LogP) is 2.68. The second-order valence-electron chi connectivity index (χ2n) is 6.35. The zero-order valence-corrected chi connectivity index (χ0v) is 17.5. The number of carbonyl (C=O) groups is 1. The lowest BCUT2D eigenvalue weighted by Gasteiger charge is -2.08. The van der Waals surface area contributed by atoms with Crippen LogP contribution in [0.1, 0.15) is 13.8 Å². The molecule has 0 aliphatic carbocycles. The van der Waals surface area contributed by atoms with Crippen LogP contribution in [-0.4, -0.2) is 35.8 Å². The van der Waals surface area contributed by atoms with Gasteiger partial charge in [-0.3, -0.25) is 30.4 Å². The number of sulfonamides is 1. The van der Waals surface area contributed by atoms with Crippen molar-refractivity contribution in [2.24, 2.45) is 20.5 Å². The van der Waals surface area contributed by atoms with Crippen LogP contribution in [0.25, 0.3) is 0 Å². The first-order chi connectivity index (χ1) is 14.9. The Morgan fingerprint density at radius 3 is 2.19 bits per heavy atom. The zero-order chi connectivity index (χ0) is 24.1. The van der Waals surface area contributed by atoms with Crippen molar-refractivity contribution in [3.8, 4) is 0 Å². The van der Waals surface area contributed by atoms with E-state index in [9.17, 15) is 33.4 Å². The van der Waals surface area contributed by atoms with E-state index >= 15 is 0 Å². The molecular formula is C17H17N7O7S. The number of nitro benzene ring substituents is 2. The van der Waals surface area contributed by atoms with Gasteiger partial charge in [0.2, 0.25) is 10.0 Å². The van der Waals surface area contributed by atoms with Crippen LogP contribution in [0.15, 0.2) is 62.7 Å². The summed E-state index contributed by atoms with van der Waals surface area (Å²) >= 11 is 0. The van der Waals surface area contributed by atoms with Crippen LogP contribution in [0.2, 0.25) is 0 Å². The van der Waals surface area contributed by atoms with Crippen molar-refractivity contribution in [2.45, 2.75) is 24.8 Å². The van der Waals surface area contributed by atoms with E-state index in [2.05, 4.69) is 20.8 Å². The second-order valence-corrected chi connectivity index (χ2v) is 7.91. The number of benzene rings is 2. The molecule has 0 aliphatic heterocycles. The van der Waals surface area contributed by atoms with Gasteiger partial charge >= 0.3 is 5.69 Å². The molecule has 14 nitrogen and oxygen atoms in total. The lowest BCUT2D eigenvalue weighted by Crippen LogP contribution is -2.24. The summed E-state index contributed by atoms with van der Waals surface area (Å²) in [4.78, 5) is 32.3. The number of rotatable bonds is 9. The smallest absolute Gasteiger partial charge is 0.297 e. The molecule has 168 valence electrons.